The number of ether oxygens (including phenoxy) is 2. The van der Waals surface area contributed by atoms with Gasteiger partial charge in [-0.3, -0.25) is 0 Å². The van der Waals surface area contributed by atoms with E-state index >= 15 is 0 Å². The average molecular weight is 475 g/mol. The molecule has 1 aromatic heterocycles. The summed E-state index contributed by atoms with van der Waals surface area (Å²) in [6.07, 6.45) is 9.22. The van der Waals surface area contributed by atoms with Crippen LogP contribution in [0.1, 0.15) is 57.4 Å². The number of hydrogen-bond acceptors (Lipinski definition) is 4. The van der Waals surface area contributed by atoms with Crippen LogP contribution < -0.4 is 21.1 Å². The van der Waals surface area contributed by atoms with Crippen molar-refractivity contribution in [1.82, 2.24) is 9.88 Å². The molecule has 35 heavy (non-hydrogen) atoms. The molecule has 4 N–H and O–H groups in total. The molecule has 184 valence electrons. The third-order valence-corrected chi connectivity index (χ3v) is 7.77. The van der Waals surface area contributed by atoms with Crippen LogP contribution in [0.5, 0.6) is 5.75 Å². The third kappa shape index (κ3) is 4.45. The van der Waals surface area contributed by atoms with Crippen molar-refractivity contribution in [2.24, 2.45) is 0 Å². The number of fused-ring (bicyclic) bond motifs is 1. The van der Waals surface area contributed by atoms with Crippen LogP contribution in [0.25, 0.3) is 22.2 Å². The van der Waals surface area contributed by atoms with Gasteiger partial charge in [-0.05, 0) is 75.6 Å². The molecule has 1 aliphatic heterocycles. The minimum Gasteiger partial charge on any atom is -0.491 e. The maximum absolute atomic E-state index is 12.2. The fraction of sp³-hybridized carbons (Fsp3) is 0.464. The van der Waals surface area contributed by atoms with Gasteiger partial charge in [0, 0.05) is 41.4 Å². The molecule has 6 rings (SSSR count). The van der Waals surface area contributed by atoms with E-state index < -0.39 is 0 Å². The summed E-state index contributed by atoms with van der Waals surface area (Å²) in [5.74, 6) is 0.856. The zero-order valence-corrected chi connectivity index (χ0v) is 20.1. The molecule has 0 radical (unpaired) electrons. The number of nitrogens with one attached hydrogen (secondary N) is 2. The highest BCUT2D eigenvalue weighted by molar-refractivity contribution is 6.02. The van der Waals surface area contributed by atoms with Crippen LogP contribution in [-0.4, -0.2) is 36.0 Å². The highest BCUT2D eigenvalue weighted by atomic mass is 16.5. The Hall–Kier alpha value is -3.19. The molecule has 3 aliphatic rings. The molecule has 2 amide bonds. The van der Waals surface area contributed by atoms with Crippen LogP contribution in [-0.2, 0) is 4.74 Å². The van der Waals surface area contributed by atoms with E-state index in [1.165, 1.54) is 12.8 Å². The number of nitrogens with two attached hydrogens (primary N) is 1. The van der Waals surface area contributed by atoms with E-state index in [1.807, 2.05) is 30.3 Å². The first-order valence-corrected chi connectivity index (χ1v) is 13.0. The Bertz CT molecular complexity index is 1210. The van der Waals surface area contributed by atoms with Gasteiger partial charge in [0.2, 0.25) is 0 Å². The summed E-state index contributed by atoms with van der Waals surface area (Å²) in [5, 5.41) is 7.02. The number of benzene rings is 2. The van der Waals surface area contributed by atoms with Gasteiger partial charge in [-0.1, -0.05) is 12.1 Å². The Morgan fingerprint density at radius 1 is 1.03 bits per heavy atom. The first-order valence-electron chi connectivity index (χ1n) is 13.0. The molecule has 3 aromatic rings. The molecule has 0 bridgehead atoms. The number of anilines is 2. The van der Waals surface area contributed by atoms with Crippen LogP contribution in [0.2, 0.25) is 0 Å². The second-order valence-corrected chi connectivity index (χ2v) is 10.1. The second kappa shape index (κ2) is 9.46. The third-order valence-electron chi connectivity index (χ3n) is 7.77. The summed E-state index contributed by atoms with van der Waals surface area (Å²) < 4.78 is 14.2. The van der Waals surface area contributed by atoms with Crippen LogP contribution in [0.15, 0.2) is 42.5 Å². The van der Waals surface area contributed by atoms with Gasteiger partial charge in [0.15, 0.2) is 0 Å². The van der Waals surface area contributed by atoms with Crippen molar-refractivity contribution in [3.05, 3.63) is 42.5 Å². The van der Waals surface area contributed by atoms with Gasteiger partial charge < -0.3 is 30.4 Å². The van der Waals surface area contributed by atoms with Crippen molar-refractivity contribution in [2.45, 2.75) is 69.6 Å². The van der Waals surface area contributed by atoms with Crippen LogP contribution in [0, 0.1) is 0 Å². The summed E-state index contributed by atoms with van der Waals surface area (Å²) >= 11 is 0. The molecule has 2 aliphatic carbocycles. The maximum Gasteiger partial charge on any atom is 0.319 e. The maximum atomic E-state index is 12.2. The first kappa shape index (κ1) is 22.3. The average Bonchev–Trinajstić information content (AvgIpc) is 3.41. The van der Waals surface area contributed by atoms with Crippen LogP contribution >= 0.6 is 0 Å². The summed E-state index contributed by atoms with van der Waals surface area (Å²) in [6.45, 7) is 1.41. The summed E-state index contributed by atoms with van der Waals surface area (Å²) in [7, 11) is 0. The van der Waals surface area contributed by atoms with Gasteiger partial charge in [0.05, 0.1) is 23.0 Å². The Morgan fingerprint density at radius 2 is 1.83 bits per heavy atom. The number of aromatic nitrogens is 1. The smallest absolute Gasteiger partial charge is 0.319 e. The molecule has 1 saturated heterocycles. The van der Waals surface area contributed by atoms with Gasteiger partial charge in [-0.25, -0.2) is 4.79 Å². The molecule has 0 unspecified atom stereocenters. The van der Waals surface area contributed by atoms with E-state index in [9.17, 15) is 4.79 Å². The van der Waals surface area contributed by atoms with E-state index in [-0.39, 0.29) is 12.1 Å². The molecule has 2 saturated carbocycles. The van der Waals surface area contributed by atoms with Gasteiger partial charge >= 0.3 is 6.03 Å². The number of urea groups is 1. The molecule has 2 aromatic carbocycles. The van der Waals surface area contributed by atoms with Crippen molar-refractivity contribution in [3.63, 3.8) is 0 Å². The molecule has 1 atom stereocenters. The fourth-order valence-corrected chi connectivity index (χ4v) is 5.31. The molecule has 7 nitrogen and oxygen atoms in total. The Balaban J connectivity index is 1.27. The monoisotopic (exact) mass is 474 g/mol. The van der Waals surface area contributed by atoms with Crippen molar-refractivity contribution in [2.75, 3.05) is 24.3 Å². The van der Waals surface area contributed by atoms with Crippen molar-refractivity contribution in [1.29, 1.82) is 0 Å². The lowest BCUT2D eigenvalue weighted by molar-refractivity contribution is 0.0680. The largest absolute Gasteiger partial charge is 0.491 e. The van der Waals surface area contributed by atoms with Gasteiger partial charge in [-0.15, -0.1) is 0 Å². The number of carbonyl (C=O) groups is 1. The number of hydrogen-bond donors (Lipinski definition) is 3. The van der Waals surface area contributed by atoms with Gasteiger partial charge in [0.1, 0.15) is 12.4 Å². The second-order valence-electron chi connectivity index (χ2n) is 10.1. The molecule has 0 spiro atoms. The van der Waals surface area contributed by atoms with Crippen molar-refractivity contribution in [3.8, 4) is 17.0 Å². The van der Waals surface area contributed by atoms with E-state index in [1.54, 1.807) is 0 Å². The minimum absolute atomic E-state index is 0.138. The summed E-state index contributed by atoms with van der Waals surface area (Å²) in [4.78, 5) is 12.2. The standard InChI is InChI=1S/C28H34N4O3/c29-26-24-14-13-22(35-17-23-8-3-15-34-23)16-25(24)32(21-6-2-7-21)27(26)18-9-11-20(12-10-18)31-28(33)30-19-4-1-5-19/h9-14,16,19,21,23H,1-8,15,17,29H2,(H2,30,31,33)/t23-/m1/s1. The normalized spacial score (nSPS) is 20.4. The molecule has 7 heteroatoms. The number of nitrogen functional groups attached to an aromatic ring is 1. The lowest BCUT2D eigenvalue weighted by Crippen LogP contribution is -2.41. The van der Waals surface area contributed by atoms with E-state index in [2.05, 4.69) is 27.3 Å². The van der Waals surface area contributed by atoms with E-state index in [0.29, 0.717) is 18.7 Å². The molecule has 2 heterocycles. The predicted molar refractivity (Wildman–Crippen MR) is 139 cm³/mol. The predicted octanol–water partition coefficient (Wildman–Crippen LogP) is 5.85. The van der Waals surface area contributed by atoms with Crippen molar-refractivity contribution < 1.29 is 14.3 Å². The quantitative estimate of drug-likeness (QED) is 0.401. The minimum atomic E-state index is -0.138. The Labute approximate surface area is 206 Å². The fourth-order valence-electron chi connectivity index (χ4n) is 5.31. The van der Waals surface area contributed by atoms with Gasteiger partial charge in [0.25, 0.3) is 0 Å². The Morgan fingerprint density at radius 3 is 2.49 bits per heavy atom. The summed E-state index contributed by atoms with van der Waals surface area (Å²) in [6, 6.07) is 14.8. The highest BCUT2D eigenvalue weighted by Gasteiger charge is 2.27. The van der Waals surface area contributed by atoms with Crippen LogP contribution in [0.3, 0.4) is 0 Å². The lowest BCUT2D eigenvalue weighted by atomic mass is 9.92. The Kier molecular flexibility index (Phi) is 6.02. The first-order chi connectivity index (χ1) is 17.2. The topological polar surface area (TPSA) is 90.5 Å². The molecular formula is C28H34N4O3. The lowest BCUT2D eigenvalue weighted by Gasteiger charge is -2.30. The summed E-state index contributed by atoms with van der Waals surface area (Å²) in [5.41, 5.74) is 11.5. The number of rotatable bonds is 7. The zero-order chi connectivity index (χ0) is 23.8. The van der Waals surface area contributed by atoms with E-state index in [4.69, 9.17) is 15.2 Å². The number of carbonyl (C=O) groups excluding carboxylic acids is 1. The SMILES string of the molecule is Nc1c(-c2ccc(NC(=O)NC3CCC3)cc2)n(C2CCC2)c2cc(OC[C@H]3CCCO3)ccc12. The zero-order valence-electron chi connectivity index (χ0n) is 20.1. The van der Waals surface area contributed by atoms with Crippen molar-refractivity contribution >= 4 is 28.3 Å². The molecule has 3 fully saturated rings. The van der Waals surface area contributed by atoms with Crippen LogP contribution in [0.4, 0.5) is 16.2 Å². The number of amides is 2. The van der Waals surface area contributed by atoms with E-state index in [0.717, 1.165) is 84.4 Å². The number of nitrogens with zero attached hydrogens (tertiary/aromatic N) is 1. The highest BCUT2D eigenvalue weighted by Crippen LogP contribution is 2.45. The molecular weight excluding hydrogens is 440 g/mol. The van der Waals surface area contributed by atoms with Gasteiger partial charge in [-0.2, -0.15) is 0 Å².